The molecule has 0 bridgehead atoms. The van der Waals surface area contributed by atoms with Gasteiger partial charge >= 0.3 is 23.9 Å². The smallest absolute Gasteiger partial charge is 0.341 e. The van der Waals surface area contributed by atoms with Crippen LogP contribution in [0.4, 0.5) is 0 Å². The molecule has 0 amide bonds. The normalized spacial score (nSPS) is 11.2. The molecule has 0 aliphatic rings. The van der Waals surface area contributed by atoms with Crippen molar-refractivity contribution in [3.05, 3.63) is 47.0 Å². The molecule has 0 fully saturated rings. The van der Waals surface area contributed by atoms with Crippen molar-refractivity contribution in [3.63, 3.8) is 0 Å². The molecule has 1 unspecified atom stereocenters. The molecule has 0 saturated carbocycles. The molecule has 1 atom stereocenters. The van der Waals surface area contributed by atoms with Crippen LogP contribution < -0.4 is 0 Å². The quantitative estimate of drug-likeness (QED) is 0.440. The fraction of sp³-hybridized carbons (Fsp3) is 0.250. The van der Waals surface area contributed by atoms with E-state index in [0.717, 1.165) is 18.2 Å². The van der Waals surface area contributed by atoms with Crippen molar-refractivity contribution >= 4 is 23.9 Å². The van der Waals surface area contributed by atoms with Crippen LogP contribution in [-0.2, 0) is 14.3 Å². The van der Waals surface area contributed by atoms with E-state index in [1.165, 1.54) is 6.92 Å². The second kappa shape index (κ2) is 7.91. The lowest BCUT2D eigenvalue weighted by atomic mass is 10.0. The first-order chi connectivity index (χ1) is 11.2. The Bertz CT molecular complexity index is 704. The third-order valence-corrected chi connectivity index (χ3v) is 2.87. The van der Waals surface area contributed by atoms with E-state index in [1.54, 1.807) is 6.92 Å². The summed E-state index contributed by atoms with van der Waals surface area (Å²) in [5.41, 5.74) is -1.06. The molecule has 0 aliphatic heterocycles. The summed E-state index contributed by atoms with van der Waals surface area (Å²) in [6.45, 7) is 6.44. The van der Waals surface area contributed by atoms with Gasteiger partial charge in [-0.3, -0.25) is 0 Å². The summed E-state index contributed by atoms with van der Waals surface area (Å²) in [6.07, 6.45) is -1.00. The number of carbonyl (C=O) groups excluding carboxylic acids is 2. The minimum absolute atomic E-state index is 0.128. The molecule has 0 spiro atoms. The largest absolute Gasteiger partial charge is 0.478 e. The molecule has 0 saturated heterocycles. The van der Waals surface area contributed by atoms with Crippen molar-refractivity contribution in [2.24, 2.45) is 0 Å². The lowest BCUT2D eigenvalue weighted by molar-refractivity contribution is -0.163. The van der Waals surface area contributed by atoms with Gasteiger partial charge < -0.3 is 19.7 Å². The lowest BCUT2D eigenvalue weighted by Crippen LogP contribution is -2.24. The molecular formula is C16H16O8. The predicted molar refractivity (Wildman–Crippen MR) is 80.8 cm³/mol. The Morgan fingerprint density at radius 1 is 1.08 bits per heavy atom. The maximum absolute atomic E-state index is 12.0. The number of hydrogen-bond acceptors (Lipinski definition) is 6. The fourth-order valence-electron chi connectivity index (χ4n) is 1.63. The summed E-state index contributed by atoms with van der Waals surface area (Å²) in [6, 6.07) is 3.00. The highest BCUT2D eigenvalue weighted by Crippen LogP contribution is 2.15. The van der Waals surface area contributed by atoms with Gasteiger partial charge in [-0.15, -0.1) is 0 Å². The van der Waals surface area contributed by atoms with Crippen molar-refractivity contribution in [3.8, 4) is 0 Å². The average Bonchev–Trinajstić information content (AvgIpc) is 2.52. The van der Waals surface area contributed by atoms with E-state index in [9.17, 15) is 19.2 Å². The average molecular weight is 336 g/mol. The molecule has 24 heavy (non-hydrogen) atoms. The summed E-state index contributed by atoms with van der Waals surface area (Å²) in [4.78, 5) is 45.6. The number of benzene rings is 1. The van der Waals surface area contributed by atoms with Gasteiger partial charge in [0, 0.05) is 12.0 Å². The highest BCUT2D eigenvalue weighted by atomic mass is 16.7. The number of esters is 2. The molecule has 1 aromatic carbocycles. The number of carbonyl (C=O) groups is 4. The first kappa shape index (κ1) is 18.9. The Hall–Kier alpha value is -3.16. The van der Waals surface area contributed by atoms with E-state index >= 15 is 0 Å². The van der Waals surface area contributed by atoms with Crippen molar-refractivity contribution in [1.29, 1.82) is 0 Å². The molecule has 0 radical (unpaired) electrons. The van der Waals surface area contributed by atoms with Gasteiger partial charge in [-0.05, 0) is 25.1 Å². The van der Waals surface area contributed by atoms with E-state index in [4.69, 9.17) is 19.7 Å². The van der Waals surface area contributed by atoms with Crippen LogP contribution in [0.5, 0.6) is 0 Å². The van der Waals surface area contributed by atoms with E-state index in [-0.39, 0.29) is 17.6 Å². The first-order valence-electron chi connectivity index (χ1n) is 6.85. The highest BCUT2D eigenvalue weighted by molar-refractivity contribution is 6.04. The molecule has 8 heteroatoms. The zero-order valence-electron chi connectivity index (χ0n) is 13.1. The van der Waals surface area contributed by atoms with E-state index < -0.39 is 41.3 Å². The number of rotatable bonds is 7. The van der Waals surface area contributed by atoms with Gasteiger partial charge in [0.2, 0.25) is 6.29 Å². The third-order valence-electron chi connectivity index (χ3n) is 2.87. The number of hydrogen-bond donors (Lipinski definition) is 2. The van der Waals surface area contributed by atoms with Crippen molar-refractivity contribution < 1.29 is 38.9 Å². The maximum atomic E-state index is 12.0. The molecule has 2 N–H and O–H groups in total. The Morgan fingerprint density at radius 3 is 2.12 bits per heavy atom. The van der Waals surface area contributed by atoms with Crippen LogP contribution in [0.1, 0.15) is 51.3 Å². The van der Waals surface area contributed by atoms with Crippen LogP contribution in [0.3, 0.4) is 0 Å². The summed E-state index contributed by atoms with van der Waals surface area (Å²) in [5, 5.41) is 18.0. The summed E-state index contributed by atoms with van der Waals surface area (Å²) < 4.78 is 9.88. The van der Waals surface area contributed by atoms with Crippen molar-refractivity contribution in [2.75, 3.05) is 0 Å². The van der Waals surface area contributed by atoms with Crippen LogP contribution in [0, 0.1) is 0 Å². The Labute approximate surface area is 137 Å². The molecular weight excluding hydrogens is 320 g/mol. The molecule has 8 nitrogen and oxygen atoms in total. The van der Waals surface area contributed by atoms with Crippen LogP contribution in [0.2, 0.25) is 0 Å². The minimum Gasteiger partial charge on any atom is -0.478 e. The van der Waals surface area contributed by atoms with E-state index in [2.05, 4.69) is 6.58 Å². The molecule has 1 rings (SSSR count). The summed E-state index contributed by atoms with van der Waals surface area (Å²) in [7, 11) is 0. The van der Waals surface area contributed by atoms with Gasteiger partial charge in [0.05, 0.1) is 16.7 Å². The lowest BCUT2D eigenvalue weighted by Gasteiger charge is -2.17. The molecule has 1 aromatic rings. The molecule has 0 heterocycles. The van der Waals surface area contributed by atoms with Gasteiger partial charge in [-0.2, -0.15) is 0 Å². The SMILES string of the molecule is C=C(C)C(=O)OC(CC)OC(=O)c1ccc(C(=O)O)c(C(=O)O)c1. The summed E-state index contributed by atoms with van der Waals surface area (Å²) >= 11 is 0. The van der Waals surface area contributed by atoms with Gasteiger partial charge in [0.1, 0.15) is 0 Å². The molecule has 0 aromatic heterocycles. The number of carboxylic acids is 2. The number of ether oxygens (including phenoxy) is 2. The number of aromatic carboxylic acids is 2. The van der Waals surface area contributed by atoms with Crippen molar-refractivity contribution in [1.82, 2.24) is 0 Å². The van der Waals surface area contributed by atoms with Crippen LogP contribution in [-0.4, -0.2) is 40.4 Å². The third kappa shape index (κ3) is 4.67. The van der Waals surface area contributed by atoms with Gasteiger partial charge in [0.25, 0.3) is 0 Å². The van der Waals surface area contributed by atoms with E-state index in [0.29, 0.717) is 0 Å². The Balaban J connectivity index is 3.00. The first-order valence-corrected chi connectivity index (χ1v) is 6.85. The van der Waals surface area contributed by atoms with Gasteiger partial charge in [-0.1, -0.05) is 13.5 Å². The zero-order valence-corrected chi connectivity index (χ0v) is 13.1. The maximum Gasteiger partial charge on any atom is 0.341 e. The van der Waals surface area contributed by atoms with Crippen molar-refractivity contribution in [2.45, 2.75) is 26.6 Å². The monoisotopic (exact) mass is 336 g/mol. The van der Waals surface area contributed by atoms with Gasteiger partial charge in [-0.25, -0.2) is 19.2 Å². The fourth-order valence-corrected chi connectivity index (χ4v) is 1.63. The minimum atomic E-state index is -1.50. The second-order valence-electron chi connectivity index (χ2n) is 4.80. The van der Waals surface area contributed by atoms with Crippen LogP contribution in [0.15, 0.2) is 30.4 Å². The highest BCUT2D eigenvalue weighted by Gasteiger charge is 2.22. The number of carboxylic acid groups (broad SMARTS) is 2. The topological polar surface area (TPSA) is 127 Å². The van der Waals surface area contributed by atoms with Crippen LogP contribution >= 0.6 is 0 Å². The Kier molecular flexibility index (Phi) is 6.22. The Morgan fingerprint density at radius 2 is 1.67 bits per heavy atom. The van der Waals surface area contributed by atoms with E-state index in [1.807, 2.05) is 0 Å². The van der Waals surface area contributed by atoms with Crippen LogP contribution in [0.25, 0.3) is 0 Å². The summed E-state index contributed by atoms with van der Waals surface area (Å²) in [5.74, 6) is -4.62. The van der Waals surface area contributed by atoms with Gasteiger partial charge in [0.15, 0.2) is 0 Å². The standard InChI is InChI=1S/C16H16O8/c1-4-12(23-15(21)8(2)3)24-16(22)9-5-6-10(13(17)18)11(7-9)14(19)20/h5-7,12H,2,4H2,1,3H3,(H,17,18)(H,19,20). The molecule has 0 aliphatic carbocycles. The molecule has 128 valence electrons. The zero-order chi connectivity index (χ0) is 18.4. The predicted octanol–water partition coefficient (Wildman–Crippen LogP) is 2.10. The second-order valence-corrected chi connectivity index (χ2v) is 4.80.